The molecule has 0 saturated carbocycles. The molecule has 1 aromatic heterocycles. The van der Waals surface area contributed by atoms with Crippen LogP contribution in [-0.2, 0) is 21.4 Å². The number of ether oxygens (including phenoxy) is 2. The molecule has 0 atom stereocenters. The van der Waals surface area contributed by atoms with Crippen LogP contribution in [0.1, 0.15) is 16.1 Å². The maximum absolute atomic E-state index is 12.6. The first-order valence-corrected chi connectivity index (χ1v) is 9.80. The largest absolute Gasteiger partial charge is 0.487 e. The minimum absolute atomic E-state index is 0.0277. The first kappa shape index (κ1) is 19.4. The van der Waals surface area contributed by atoms with Crippen LogP contribution in [0.5, 0.6) is 5.75 Å². The first-order valence-electron chi connectivity index (χ1n) is 8.32. The number of hydrogen-bond donors (Lipinski definition) is 1. The number of methoxy groups -OCH3 is 1. The molecule has 7 nitrogen and oxygen atoms in total. The Bertz CT molecular complexity index is 1050. The second-order valence-corrected chi connectivity index (χ2v) is 7.44. The first-order chi connectivity index (χ1) is 13.5. The minimum Gasteiger partial charge on any atom is -0.487 e. The normalized spacial score (nSPS) is 10.9. The van der Waals surface area contributed by atoms with Crippen LogP contribution < -0.4 is 9.46 Å². The summed E-state index contributed by atoms with van der Waals surface area (Å²) in [4.78, 5) is 15.7. The molecule has 144 valence electrons. The van der Waals surface area contributed by atoms with Crippen molar-refractivity contribution >= 4 is 21.7 Å². The summed E-state index contributed by atoms with van der Waals surface area (Å²) in [5.74, 6) is -0.0263. The number of carbonyl (C=O) groups is 1. The highest BCUT2D eigenvalue weighted by Gasteiger charge is 2.15. The number of esters is 1. The van der Waals surface area contributed by atoms with E-state index in [-0.39, 0.29) is 17.1 Å². The zero-order valence-corrected chi connectivity index (χ0v) is 15.8. The number of rotatable bonds is 7. The smallest absolute Gasteiger partial charge is 0.337 e. The van der Waals surface area contributed by atoms with Gasteiger partial charge >= 0.3 is 5.97 Å². The average Bonchev–Trinajstić information content (AvgIpc) is 2.72. The molecule has 8 heteroatoms. The number of carbonyl (C=O) groups excluding carboxylic acids is 1. The number of sulfonamides is 1. The maximum atomic E-state index is 12.6. The highest BCUT2D eigenvalue weighted by atomic mass is 32.2. The third-order valence-corrected chi connectivity index (χ3v) is 5.18. The lowest BCUT2D eigenvalue weighted by molar-refractivity contribution is 0.0600. The third-order valence-electron chi connectivity index (χ3n) is 3.78. The Labute approximate surface area is 163 Å². The van der Waals surface area contributed by atoms with Gasteiger partial charge in [0.2, 0.25) is 0 Å². The van der Waals surface area contributed by atoms with Gasteiger partial charge in [0, 0.05) is 12.3 Å². The van der Waals surface area contributed by atoms with Crippen LogP contribution in [0.3, 0.4) is 0 Å². The van der Waals surface area contributed by atoms with Crippen molar-refractivity contribution in [2.75, 3.05) is 11.8 Å². The summed E-state index contributed by atoms with van der Waals surface area (Å²) in [5.41, 5.74) is 1.39. The molecule has 0 fully saturated rings. The van der Waals surface area contributed by atoms with Crippen LogP contribution in [-0.4, -0.2) is 26.5 Å². The van der Waals surface area contributed by atoms with Gasteiger partial charge in [0.05, 0.1) is 29.0 Å². The molecule has 1 heterocycles. The summed E-state index contributed by atoms with van der Waals surface area (Å²) < 4.78 is 37.9. The molecule has 0 aliphatic carbocycles. The molecule has 3 rings (SSSR count). The quantitative estimate of drug-likeness (QED) is 0.614. The summed E-state index contributed by atoms with van der Waals surface area (Å²) >= 11 is 0. The summed E-state index contributed by atoms with van der Waals surface area (Å²) in [6.45, 7) is 0.270. The Morgan fingerprint density at radius 2 is 1.82 bits per heavy atom. The molecule has 0 spiro atoms. The fourth-order valence-electron chi connectivity index (χ4n) is 2.39. The van der Waals surface area contributed by atoms with Gasteiger partial charge in [-0.3, -0.25) is 9.71 Å². The highest BCUT2D eigenvalue weighted by molar-refractivity contribution is 7.92. The lowest BCUT2D eigenvalue weighted by atomic mass is 10.2. The summed E-state index contributed by atoms with van der Waals surface area (Å²) in [7, 11) is -2.56. The number of nitrogens with one attached hydrogen (secondary N) is 1. The van der Waals surface area contributed by atoms with Gasteiger partial charge < -0.3 is 9.47 Å². The van der Waals surface area contributed by atoms with Crippen LogP contribution in [0.2, 0.25) is 0 Å². The molecular formula is C20H18N2O5S. The molecule has 0 aliphatic heterocycles. The Hall–Kier alpha value is -3.39. The Morgan fingerprint density at radius 3 is 2.50 bits per heavy atom. The Balaban J connectivity index is 1.71. The van der Waals surface area contributed by atoms with Gasteiger partial charge in [-0.2, -0.15) is 0 Å². The van der Waals surface area contributed by atoms with Gasteiger partial charge in [-0.25, -0.2) is 13.2 Å². The second kappa shape index (κ2) is 8.53. The van der Waals surface area contributed by atoms with Crippen LogP contribution in [0.4, 0.5) is 5.69 Å². The number of pyridine rings is 1. The van der Waals surface area contributed by atoms with Crippen LogP contribution in [0.15, 0.2) is 77.8 Å². The van der Waals surface area contributed by atoms with E-state index in [1.54, 1.807) is 30.5 Å². The van der Waals surface area contributed by atoms with E-state index in [1.165, 1.54) is 31.4 Å². The monoisotopic (exact) mass is 398 g/mol. The van der Waals surface area contributed by atoms with Gasteiger partial charge in [0.25, 0.3) is 10.0 Å². The van der Waals surface area contributed by atoms with E-state index in [0.29, 0.717) is 11.4 Å². The minimum atomic E-state index is -3.82. The zero-order chi connectivity index (χ0) is 20.0. The van der Waals surface area contributed by atoms with Crippen molar-refractivity contribution in [3.63, 3.8) is 0 Å². The topological polar surface area (TPSA) is 94.6 Å². The van der Waals surface area contributed by atoms with Crippen molar-refractivity contribution in [2.45, 2.75) is 11.5 Å². The third kappa shape index (κ3) is 4.86. The van der Waals surface area contributed by atoms with Crippen molar-refractivity contribution in [1.29, 1.82) is 0 Å². The van der Waals surface area contributed by atoms with Crippen molar-refractivity contribution in [3.05, 3.63) is 84.2 Å². The van der Waals surface area contributed by atoms with Crippen LogP contribution in [0, 0.1) is 0 Å². The Kier molecular flexibility index (Phi) is 5.90. The fraction of sp³-hybridized carbons (Fsp3) is 0.100. The molecule has 28 heavy (non-hydrogen) atoms. The van der Waals surface area contributed by atoms with E-state index in [2.05, 4.69) is 14.4 Å². The molecule has 0 radical (unpaired) electrons. The lowest BCUT2D eigenvalue weighted by Crippen LogP contribution is -2.13. The molecule has 0 saturated heterocycles. The van der Waals surface area contributed by atoms with Gasteiger partial charge in [-0.1, -0.05) is 12.1 Å². The maximum Gasteiger partial charge on any atom is 0.337 e. The van der Waals surface area contributed by atoms with Crippen molar-refractivity contribution in [1.82, 2.24) is 4.98 Å². The highest BCUT2D eigenvalue weighted by Crippen LogP contribution is 2.22. The molecule has 0 bridgehead atoms. The summed E-state index contributed by atoms with van der Waals surface area (Å²) in [5, 5.41) is 0. The van der Waals surface area contributed by atoms with Gasteiger partial charge in [-0.15, -0.1) is 0 Å². The van der Waals surface area contributed by atoms with Gasteiger partial charge in [0.15, 0.2) is 0 Å². The van der Waals surface area contributed by atoms with Crippen LogP contribution in [0.25, 0.3) is 0 Å². The average molecular weight is 398 g/mol. The van der Waals surface area contributed by atoms with E-state index >= 15 is 0 Å². The van der Waals surface area contributed by atoms with E-state index in [1.807, 2.05) is 18.2 Å². The SMILES string of the molecule is COC(=O)c1ccc(S(=O)(=O)Nc2cccc(OCc3ccccn3)c2)cc1. The molecule has 0 aliphatic rings. The predicted molar refractivity (Wildman–Crippen MR) is 104 cm³/mol. The molecular weight excluding hydrogens is 380 g/mol. The Morgan fingerprint density at radius 1 is 1.04 bits per heavy atom. The fourth-order valence-corrected chi connectivity index (χ4v) is 3.44. The van der Waals surface area contributed by atoms with Crippen molar-refractivity contribution in [2.24, 2.45) is 0 Å². The van der Waals surface area contributed by atoms with Crippen LogP contribution >= 0.6 is 0 Å². The molecule has 1 N–H and O–H groups in total. The van der Waals surface area contributed by atoms with E-state index in [4.69, 9.17) is 4.74 Å². The number of benzene rings is 2. The number of nitrogens with zero attached hydrogens (tertiary/aromatic N) is 1. The molecule has 0 unspecified atom stereocenters. The summed E-state index contributed by atoms with van der Waals surface area (Å²) in [6, 6.07) is 17.6. The molecule has 2 aromatic carbocycles. The van der Waals surface area contributed by atoms with E-state index in [0.717, 1.165) is 5.69 Å². The van der Waals surface area contributed by atoms with E-state index in [9.17, 15) is 13.2 Å². The number of hydrogen-bond acceptors (Lipinski definition) is 6. The second-order valence-electron chi connectivity index (χ2n) is 5.76. The lowest BCUT2D eigenvalue weighted by Gasteiger charge is -2.11. The van der Waals surface area contributed by atoms with E-state index < -0.39 is 16.0 Å². The van der Waals surface area contributed by atoms with Crippen molar-refractivity contribution in [3.8, 4) is 5.75 Å². The molecule has 3 aromatic rings. The molecule has 0 amide bonds. The predicted octanol–water partition coefficient (Wildman–Crippen LogP) is 3.25. The standard InChI is InChI=1S/C20H18N2O5S/c1-26-20(23)15-8-10-19(11-9-15)28(24,25)22-16-6-4-7-18(13-16)27-14-17-5-2-3-12-21-17/h2-13,22H,14H2,1H3. The van der Waals surface area contributed by atoms with Gasteiger partial charge in [0.1, 0.15) is 12.4 Å². The number of anilines is 1. The van der Waals surface area contributed by atoms with Crippen molar-refractivity contribution < 1.29 is 22.7 Å². The van der Waals surface area contributed by atoms with Gasteiger partial charge in [-0.05, 0) is 48.5 Å². The summed E-state index contributed by atoms with van der Waals surface area (Å²) in [6.07, 6.45) is 1.68. The zero-order valence-electron chi connectivity index (χ0n) is 15.0. The number of aromatic nitrogens is 1.